The highest BCUT2D eigenvalue weighted by atomic mass is 32.2. The number of carbonyl (C=O) groups is 1. The van der Waals surface area contributed by atoms with Gasteiger partial charge in [-0.1, -0.05) is 12.1 Å². The number of carbonyl (C=O) groups excluding carboxylic acids is 1. The van der Waals surface area contributed by atoms with E-state index in [1.54, 1.807) is 41.4 Å². The van der Waals surface area contributed by atoms with E-state index in [0.29, 0.717) is 22.6 Å². The van der Waals surface area contributed by atoms with Gasteiger partial charge in [-0.25, -0.2) is 8.42 Å². The fourth-order valence-electron chi connectivity index (χ4n) is 3.84. The number of methoxy groups -OCH3 is 2. The van der Waals surface area contributed by atoms with Crippen molar-refractivity contribution in [2.45, 2.75) is 11.8 Å². The number of sulfonamides is 1. The lowest BCUT2D eigenvalue weighted by Crippen LogP contribution is -2.50. The number of benzene rings is 2. The van der Waals surface area contributed by atoms with Crippen LogP contribution in [0.4, 0.5) is 0 Å². The molecular weight excluding hydrogens is 430 g/mol. The topological polar surface area (TPSA) is 89.0 Å². The van der Waals surface area contributed by atoms with Crippen molar-refractivity contribution in [3.8, 4) is 11.5 Å². The second kappa shape index (κ2) is 8.76. The van der Waals surface area contributed by atoms with Crippen molar-refractivity contribution < 1.29 is 22.7 Å². The minimum atomic E-state index is -3.74. The van der Waals surface area contributed by atoms with Crippen LogP contribution in [0.2, 0.25) is 0 Å². The van der Waals surface area contributed by atoms with Crippen molar-refractivity contribution in [2.24, 2.45) is 0 Å². The van der Waals surface area contributed by atoms with Crippen molar-refractivity contribution >= 4 is 26.8 Å². The van der Waals surface area contributed by atoms with Gasteiger partial charge in [-0.3, -0.25) is 9.78 Å². The van der Waals surface area contributed by atoms with Gasteiger partial charge in [0.15, 0.2) is 0 Å². The molecule has 0 saturated carbocycles. The SMILES string of the molecule is COc1cc(OC)cc(C(=O)N2CCN(S(=O)(=O)c3cccc4cc(C)cnc34)CC2)c1. The second-order valence-corrected chi connectivity index (χ2v) is 9.54. The summed E-state index contributed by atoms with van der Waals surface area (Å²) < 4.78 is 38.6. The number of rotatable bonds is 5. The standard InChI is InChI=1S/C23H25N3O5S/c1-16-11-17-5-4-6-21(22(17)24-15-16)32(28,29)26-9-7-25(8-10-26)23(27)18-12-19(30-2)14-20(13-18)31-3/h4-6,11-15H,7-10H2,1-3H3. The van der Waals surface area contributed by atoms with Gasteiger partial charge in [0.25, 0.3) is 5.91 Å². The maximum Gasteiger partial charge on any atom is 0.254 e. The normalized spacial score (nSPS) is 15.0. The lowest BCUT2D eigenvalue weighted by Gasteiger charge is -2.34. The first-order valence-corrected chi connectivity index (χ1v) is 11.7. The molecule has 0 bridgehead atoms. The Morgan fingerprint density at radius 3 is 2.25 bits per heavy atom. The van der Waals surface area contributed by atoms with E-state index in [1.165, 1.54) is 18.5 Å². The first-order chi connectivity index (χ1) is 15.3. The fourth-order valence-corrected chi connectivity index (χ4v) is 5.42. The monoisotopic (exact) mass is 455 g/mol. The van der Waals surface area contributed by atoms with Crippen LogP contribution in [0.3, 0.4) is 0 Å². The molecule has 3 aromatic rings. The molecule has 1 aliphatic heterocycles. The van der Waals surface area contributed by atoms with E-state index >= 15 is 0 Å². The molecule has 1 aliphatic rings. The van der Waals surface area contributed by atoms with Crippen LogP contribution < -0.4 is 9.47 Å². The van der Waals surface area contributed by atoms with E-state index in [9.17, 15) is 13.2 Å². The Morgan fingerprint density at radius 2 is 1.62 bits per heavy atom. The van der Waals surface area contributed by atoms with Gasteiger partial charge in [-0.2, -0.15) is 4.31 Å². The summed E-state index contributed by atoms with van der Waals surface area (Å²) in [6.07, 6.45) is 1.67. The minimum Gasteiger partial charge on any atom is -0.497 e. The quantitative estimate of drug-likeness (QED) is 0.588. The van der Waals surface area contributed by atoms with E-state index in [-0.39, 0.29) is 37.0 Å². The Hall–Kier alpha value is -3.17. The van der Waals surface area contributed by atoms with Crippen LogP contribution >= 0.6 is 0 Å². The summed E-state index contributed by atoms with van der Waals surface area (Å²) in [5.74, 6) is 0.849. The Kier molecular flexibility index (Phi) is 6.03. The lowest BCUT2D eigenvalue weighted by molar-refractivity contribution is 0.0697. The number of nitrogens with zero attached hydrogens (tertiary/aromatic N) is 3. The number of para-hydroxylation sites is 1. The Morgan fingerprint density at radius 1 is 0.969 bits per heavy atom. The van der Waals surface area contributed by atoms with Gasteiger partial charge in [0.2, 0.25) is 10.0 Å². The van der Waals surface area contributed by atoms with Crippen LogP contribution in [0.25, 0.3) is 10.9 Å². The van der Waals surface area contributed by atoms with Crippen molar-refractivity contribution in [2.75, 3.05) is 40.4 Å². The maximum atomic E-state index is 13.3. The average molecular weight is 456 g/mol. The van der Waals surface area contributed by atoms with Crippen LogP contribution in [-0.4, -0.2) is 68.9 Å². The van der Waals surface area contributed by atoms with Gasteiger partial charge < -0.3 is 14.4 Å². The highest BCUT2D eigenvalue weighted by molar-refractivity contribution is 7.89. The third-order valence-corrected chi connectivity index (χ3v) is 7.48. The summed E-state index contributed by atoms with van der Waals surface area (Å²) in [5.41, 5.74) is 1.86. The Labute approximate surface area is 187 Å². The summed E-state index contributed by atoms with van der Waals surface area (Å²) >= 11 is 0. The van der Waals surface area contributed by atoms with Gasteiger partial charge in [-0.05, 0) is 36.8 Å². The molecule has 0 radical (unpaired) electrons. The average Bonchev–Trinajstić information content (AvgIpc) is 2.82. The third-order valence-electron chi connectivity index (χ3n) is 5.55. The zero-order valence-corrected chi connectivity index (χ0v) is 19.1. The van der Waals surface area contributed by atoms with Crippen molar-refractivity contribution in [3.05, 3.63) is 59.8 Å². The largest absolute Gasteiger partial charge is 0.497 e. The molecule has 0 aliphatic carbocycles. The molecule has 8 nitrogen and oxygen atoms in total. The Balaban J connectivity index is 1.53. The van der Waals surface area contributed by atoms with Crippen molar-refractivity contribution in [1.82, 2.24) is 14.2 Å². The molecule has 1 fully saturated rings. The molecule has 0 unspecified atom stereocenters. The predicted molar refractivity (Wildman–Crippen MR) is 121 cm³/mol. The number of hydrogen-bond donors (Lipinski definition) is 0. The summed E-state index contributed by atoms with van der Waals surface area (Å²) in [7, 11) is -0.696. The summed E-state index contributed by atoms with van der Waals surface area (Å²) in [4.78, 5) is 19.2. The fraction of sp³-hybridized carbons (Fsp3) is 0.304. The smallest absolute Gasteiger partial charge is 0.254 e. The van der Waals surface area contributed by atoms with E-state index in [4.69, 9.17) is 9.47 Å². The third kappa shape index (κ3) is 4.13. The second-order valence-electron chi connectivity index (χ2n) is 7.64. The first-order valence-electron chi connectivity index (χ1n) is 10.2. The number of aromatic nitrogens is 1. The highest BCUT2D eigenvalue weighted by Gasteiger charge is 2.32. The number of piperazine rings is 1. The van der Waals surface area contributed by atoms with Gasteiger partial charge in [0.05, 0.1) is 19.7 Å². The number of pyridine rings is 1. The van der Waals surface area contributed by atoms with Gasteiger partial charge in [0.1, 0.15) is 16.4 Å². The number of amides is 1. The molecule has 0 atom stereocenters. The van der Waals surface area contributed by atoms with Crippen LogP contribution in [0, 0.1) is 6.92 Å². The van der Waals surface area contributed by atoms with Gasteiger partial charge in [0, 0.05) is 49.4 Å². The molecule has 168 valence electrons. The van der Waals surface area contributed by atoms with Crippen LogP contribution in [-0.2, 0) is 10.0 Å². The first kappa shape index (κ1) is 22.0. The highest BCUT2D eigenvalue weighted by Crippen LogP contribution is 2.27. The molecular formula is C23H25N3O5S. The molecule has 4 rings (SSSR count). The summed E-state index contributed by atoms with van der Waals surface area (Å²) in [6, 6.07) is 12.1. The molecule has 1 aromatic heterocycles. The number of hydrogen-bond acceptors (Lipinski definition) is 6. The molecule has 2 heterocycles. The predicted octanol–water partition coefficient (Wildman–Crippen LogP) is 2.71. The zero-order valence-electron chi connectivity index (χ0n) is 18.2. The summed E-state index contributed by atoms with van der Waals surface area (Å²) in [6.45, 7) is 2.90. The Bertz CT molecular complexity index is 1250. The zero-order chi connectivity index (χ0) is 22.9. The molecule has 0 spiro atoms. The minimum absolute atomic E-state index is 0.187. The maximum absolute atomic E-state index is 13.3. The van der Waals surface area contributed by atoms with Gasteiger partial charge >= 0.3 is 0 Å². The molecule has 1 amide bonds. The molecule has 1 saturated heterocycles. The van der Waals surface area contributed by atoms with Crippen LogP contribution in [0.5, 0.6) is 11.5 Å². The summed E-state index contributed by atoms with van der Waals surface area (Å²) in [5, 5.41) is 0.784. The number of fused-ring (bicyclic) bond motifs is 1. The lowest BCUT2D eigenvalue weighted by atomic mass is 10.1. The van der Waals surface area contributed by atoms with E-state index in [2.05, 4.69) is 4.98 Å². The van der Waals surface area contributed by atoms with Crippen molar-refractivity contribution in [1.29, 1.82) is 0 Å². The van der Waals surface area contributed by atoms with E-state index in [0.717, 1.165) is 10.9 Å². The van der Waals surface area contributed by atoms with Crippen molar-refractivity contribution in [3.63, 3.8) is 0 Å². The van der Waals surface area contributed by atoms with Crippen LogP contribution in [0.15, 0.2) is 53.6 Å². The molecule has 32 heavy (non-hydrogen) atoms. The molecule has 0 N–H and O–H groups in total. The number of ether oxygens (including phenoxy) is 2. The van der Waals surface area contributed by atoms with E-state index < -0.39 is 10.0 Å². The van der Waals surface area contributed by atoms with E-state index in [1.807, 2.05) is 19.1 Å². The molecule has 2 aromatic carbocycles. The molecule has 9 heteroatoms. The van der Waals surface area contributed by atoms with Gasteiger partial charge in [-0.15, -0.1) is 0 Å². The number of aryl methyl sites for hydroxylation is 1. The van der Waals surface area contributed by atoms with Crippen LogP contribution in [0.1, 0.15) is 15.9 Å².